The van der Waals surface area contributed by atoms with Crippen molar-refractivity contribution in [1.82, 2.24) is 9.55 Å². The molecular weight excluding hydrogens is 266 g/mol. The van der Waals surface area contributed by atoms with Gasteiger partial charge in [0.25, 0.3) is 0 Å². The Kier molecular flexibility index (Phi) is 3.07. The molecule has 2 aromatic rings. The van der Waals surface area contributed by atoms with Gasteiger partial charge in [-0.1, -0.05) is 6.07 Å². The van der Waals surface area contributed by atoms with Crippen molar-refractivity contribution in [3.05, 3.63) is 52.0 Å². The molecule has 0 amide bonds. The first-order valence-corrected chi connectivity index (χ1v) is 5.66. The minimum absolute atomic E-state index is 0.662. The monoisotopic (exact) mass is 275 g/mol. The van der Waals surface area contributed by atoms with E-state index in [9.17, 15) is 0 Å². The lowest BCUT2D eigenvalue weighted by molar-refractivity contribution is 0.761. The van der Waals surface area contributed by atoms with Gasteiger partial charge in [0, 0.05) is 23.4 Å². The Hall–Kier alpha value is -1.60. The van der Waals surface area contributed by atoms with E-state index in [-0.39, 0.29) is 0 Å². The van der Waals surface area contributed by atoms with Gasteiger partial charge in [-0.15, -0.1) is 0 Å². The number of rotatable bonds is 2. The average Bonchev–Trinajstić information content (AvgIpc) is 2.67. The van der Waals surface area contributed by atoms with Gasteiger partial charge in [0.1, 0.15) is 11.9 Å². The van der Waals surface area contributed by atoms with Crippen LogP contribution in [0.25, 0.3) is 0 Å². The van der Waals surface area contributed by atoms with Gasteiger partial charge in [-0.3, -0.25) is 0 Å². The molecule has 16 heavy (non-hydrogen) atoms. The van der Waals surface area contributed by atoms with E-state index in [1.54, 1.807) is 6.20 Å². The highest BCUT2D eigenvalue weighted by Crippen LogP contribution is 2.18. The molecule has 0 fully saturated rings. The van der Waals surface area contributed by atoms with Crippen LogP contribution in [0, 0.1) is 18.3 Å². The number of imidazole rings is 1. The molecule has 0 aliphatic rings. The molecule has 0 unspecified atom stereocenters. The fourth-order valence-corrected chi connectivity index (χ4v) is 1.86. The molecule has 1 aromatic carbocycles. The number of hydrogen-bond acceptors (Lipinski definition) is 2. The summed E-state index contributed by atoms with van der Waals surface area (Å²) in [5.41, 5.74) is 1.76. The normalized spacial score (nSPS) is 10.1. The van der Waals surface area contributed by atoms with Gasteiger partial charge in [-0.2, -0.15) is 5.26 Å². The van der Waals surface area contributed by atoms with Crippen LogP contribution in [0.2, 0.25) is 0 Å². The third-order valence-electron chi connectivity index (χ3n) is 2.43. The Morgan fingerprint density at radius 1 is 1.50 bits per heavy atom. The van der Waals surface area contributed by atoms with Gasteiger partial charge in [0.15, 0.2) is 0 Å². The predicted octanol–water partition coefficient (Wildman–Crippen LogP) is 2.87. The topological polar surface area (TPSA) is 41.6 Å². The summed E-state index contributed by atoms with van der Waals surface area (Å²) in [4.78, 5) is 4.16. The maximum Gasteiger partial charge on any atom is 0.105 e. The summed E-state index contributed by atoms with van der Waals surface area (Å²) in [6, 6.07) is 7.96. The second-order valence-corrected chi connectivity index (χ2v) is 4.38. The average molecular weight is 276 g/mol. The molecular formula is C12H10BrN3. The first kappa shape index (κ1) is 10.9. The van der Waals surface area contributed by atoms with Crippen molar-refractivity contribution < 1.29 is 0 Å². The van der Waals surface area contributed by atoms with E-state index in [1.165, 1.54) is 0 Å². The van der Waals surface area contributed by atoms with Crippen molar-refractivity contribution in [3.63, 3.8) is 0 Å². The summed E-state index contributed by atoms with van der Waals surface area (Å²) in [7, 11) is 0. The summed E-state index contributed by atoms with van der Waals surface area (Å²) in [5, 5.41) is 8.92. The van der Waals surface area contributed by atoms with Crippen molar-refractivity contribution in [1.29, 1.82) is 5.26 Å². The zero-order chi connectivity index (χ0) is 11.5. The number of nitrogens with zero attached hydrogens (tertiary/aromatic N) is 3. The van der Waals surface area contributed by atoms with Crippen LogP contribution >= 0.6 is 15.9 Å². The van der Waals surface area contributed by atoms with Crippen LogP contribution in [-0.4, -0.2) is 9.55 Å². The molecule has 1 heterocycles. The summed E-state index contributed by atoms with van der Waals surface area (Å²) < 4.78 is 2.88. The molecule has 0 aliphatic heterocycles. The SMILES string of the molecule is Cc1nccn1Cc1ccc(Br)c(C#N)c1. The second-order valence-electron chi connectivity index (χ2n) is 3.53. The van der Waals surface area contributed by atoms with Crippen molar-refractivity contribution in [2.75, 3.05) is 0 Å². The third-order valence-corrected chi connectivity index (χ3v) is 3.12. The maximum absolute atomic E-state index is 8.92. The van der Waals surface area contributed by atoms with E-state index in [0.717, 1.165) is 22.4 Å². The molecule has 0 saturated carbocycles. The fourth-order valence-electron chi connectivity index (χ4n) is 1.52. The number of halogens is 1. The van der Waals surface area contributed by atoms with Crippen molar-refractivity contribution >= 4 is 15.9 Å². The Morgan fingerprint density at radius 2 is 2.31 bits per heavy atom. The molecule has 1 aromatic heterocycles. The Bertz CT molecular complexity index is 552. The molecule has 0 radical (unpaired) electrons. The standard InChI is InChI=1S/C12H10BrN3/c1-9-15-4-5-16(9)8-10-2-3-12(13)11(6-10)7-14/h2-6H,8H2,1H3. The Morgan fingerprint density at radius 3 is 2.94 bits per heavy atom. The highest BCUT2D eigenvalue weighted by Gasteiger charge is 2.02. The minimum Gasteiger partial charge on any atom is -0.331 e. The molecule has 4 heteroatoms. The quantitative estimate of drug-likeness (QED) is 0.846. The first-order valence-electron chi connectivity index (χ1n) is 4.87. The Labute approximate surface area is 102 Å². The van der Waals surface area contributed by atoms with Crippen LogP contribution in [0.3, 0.4) is 0 Å². The highest BCUT2D eigenvalue weighted by molar-refractivity contribution is 9.10. The van der Waals surface area contributed by atoms with E-state index in [4.69, 9.17) is 5.26 Å². The fraction of sp³-hybridized carbons (Fsp3) is 0.167. The van der Waals surface area contributed by atoms with Crippen LogP contribution in [0.4, 0.5) is 0 Å². The third kappa shape index (κ3) is 2.15. The summed E-state index contributed by atoms with van der Waals surface area (Å²) >= 11 is 3.34. The van der Waals surface area contributed by atoms with Crippen LogP contribution in [0.15, 0.2) is 35.1 Å². The highest BCUT2D eigenvalue weighted by atomic mass is 79.9. The zero-order valence-corrected chi connectivity index (χ0v) is 10.4. The number of benzene rings is 1. The van der Waals surface area contributed by atoms with Gasteiger partial charge in [-0.05, 0) is 40.5 Å². The van der Waals surface area contributed by atoms with Crippen LogP contribution in [-0.2, 0) is 6.54 Å². The molecule has 80 valence electrons. The maximum atomic E-state index is 8.92. The number of nitriles is 1. The van der Waals surface area contributed by atoms with Crippen molar-refractivity contribution in [2.24, 2.45) is 0 Å². The van der Waals surface area contributed by atoms with E-state index < -0.39 is 0 Å². The van der Waals surface area contributed by atoms with Crippen molar-refractivity contribution in [2.45, 2.75) is 13.5 Å². The van der Waals surface area contributed by atoms with E-state index in [0.29, 0.717) is 5.56 Å². The first-order chi connectivity index (χ1) is 7.70. The largest absolute Gasteiger partial charge is 0.331 e. The van der Waals surface area contributed by atoms with Crippen molar-refractivity contribution in [3.8, 4) is 6.07 Å². The molecule has 0 atom stereocenters. The molecule has 0 aliphatic carbocycles. The summed E-state index contributed by atoms with van der Waals surface area (Å²) in [6.07, 6.45) is 3.71. The van der Waals surface area contributed by atoms with Gasteiger partial charge < -0.3 is 4.57 Å². The molecule has 0 spiro atoms. The van der Waals surface area contributed by atoms with Gasteiger partial charge >= 0.3 is 0 Å². The molecule has 0 N–H and O–H groups in total. The van der Waals surface area contributed by atoms with E-state index in [2.05, 4.69) is 27.0 Å². The lowest BCUT2D eigenvalue weighted by Gasteiger charge is -2.06. The predicted molar refractivity (Wildman–Crippen MR) is 64.9 cm³/mol. The zero-order valence-electron chi connectivity index (χ0n) is 8.81. The lowest BCUT2D eigenvalue weighted by atomic mass is 10.1. The van der Waals surface area contributed by atoms with E-state index >= 15 is 0 Å². The van der Waals surface area contributed by atoms with E-state index in [1.807, 2.05) is 35.9 Å². The Balaban J connectivity index is 2.30. The lowest BCUT2D eigenvalue weighted by Crippen LogP contribution is -2.01. The molecule has 0 saturated heterocycles. The number of aromatic nitrogens is 2. The number of hydrogen-bond donors (Lipinski definition) is 0. The second kappa shape index (κ2) is 4.50. The van der Waals surface area contributed by atoms with Crippen LogP contribution in [0.1, 0.15) is 17.0 Å². The minimum atomic E-state index is 0.662. The summed E-state index contributed by atoms with van der Waals surface area (Å²) in [6.45, 7) is 2.71. The van der Waals surface area contributed by atoms with Gasteiger partial charge in [-0.25, -0.2) is 4.98 Å². The van der Waals surface area contributed by atoms with Crippen LogP contribution < -0.4 is 0 Å². The summed E-state index contributed by atoms with van der Waals surface area (Å²) in [5.74, 6) is 0.974. The van der Waals surface area contributed by atoms with Crippen LogP contribution in [0.5, 0.6) is 0 Å². The molecule has 3 nitrogen and oxygen atoms in total. The molecule has 0 bridgehead atoms. The molecule has 2 rings (SSSR count). The number of aryl methyl sites for hydroxylation is 1. The smallest absolute Gasteiger partial charge is 0.105 e. The van der Waals surface area contributed by atoms with Gasteiger partial charge in [0.05, 0.1) is 5.56 Å². The van der Waals surface area contributed by atoms with Gasteiger partial charge in [0.2, 0.25) is 0 Å².